The van der Waals surface area contributed by atoms with Gasteiger partial charge >= 0.3 is 0 Å². The number of benzene rings is 2. The molecule has 0 aliphatic rings. The van der Waals surface area contributed by atoms with Gasteiger partial charge in [-0.05, 0) is 50.2 Å². The molecule has 6 heteroatoms. The Kier molecular flexibility index (Phi) is 5.05. The van der Waals surface area contributed by atoms with E-state index in [1.807, 2.05) is 13.8 Å². The van der Waals surface area contributed by atoms with E-state index in [9.17, 15) is 18.4 Å². The molecule has 2 amide bonds. The minimum atomic E-state index is -0.855. The number of halogens is 2. The van der Waals surface area contributed by atoms with Gasteiger partial charge in [0.05, 0.1) is 5.69 Å². The van der Waals surface area contributed by atoms with Crippen LogP contribution >= 0.6 is 0 Å². The predicted molar refractivity (Wildman–Crippen MR) is 83.4 cm³/mol. The number of anilines is 1. The molecule has 0 saturated heterocycles. The molecule has 2 aromatic rings. The fraction of sp³-hybridized carbons (Fsp3) is 0.176. The van der Waals surface area contributed by atoms with Crippen LogP contribution in [0.1, 0.15) is 34.6 Å². The van der Waals surface area contributed by atoms with Crippen LogP contribution in [0, 0.1) is 11.6 Å². The summed E-state index contributed by atoms with van der Waals surface area (Å²) in [6.45, 7) is 3.69. The van der Waals surface area contributed by atoms with Crippen molar-refractivity contribution in [3.05, 3.63) is 65.2 Å². The summed E-state index contributed by atoms with van der Waals surface area (Å²) in [5.74, 6) is -2.37. The molecular formula is C17H16F2N2O2. The molecule has 0 radical (unpaired) electrons. The first-order chi connectivity index (χ1) is 10.9. The maximum absolute atomic E-state index is 13.5. The molecule has 0 aliphatic carbocycles. The molecule has 0 atom stereocenters. The Balaban J connectivity index is 2.09. The second kappa shape index (κ2) is 7.00. The standard InChI is InChI=1S/C17H16F2N2O2/c1-10(2)20-16(22)11-3-5-12(6-4-11)17(23)21-15-8-7-13(18)9-14(15)19/h3-10H,1-2H3,(H,20,22)(H,21,23). The molecular weight excluding hydrogens is 302 g/mol. The summed E-state index contributed by atoms with van der Waals surface area (Å²) in [6, 6.07) is 8.84. The molecule has 0 aliphatic heterocycles. The SMILES string of the molecule is CC(C)NC(=O)c1ccc(C(=O)Nc2ccc(F)cc2F)cc1. The van der Waals surface area contributed by atoms with Crippen molar-refractivity contribution in [2.24, 2.45) is 0 Å². The van der Waals surface area contributed by atoms with Gasteiger partial charge in [0.2, 0.25) is 0 Å². The highest BCUT2D eigenvalue weighted by atomic mass is 19.1. The molecule has 4 nitrogen and oxygen atoms in total. The summed E-state index contributed by atoms with van der Waals surface area (Å²) < 4.78 is 26.3. The Bertz CT molecular complexity index is 728. The Morgan fingerprint density at radius 1 is 0.913 bits per heavy atom. The zero-order valence-corrected chi connectivity index (χ0v) is 12.7. The van der Waals surface area contributed by atoms with Crippen molar-refractivity contribution in [1.29, 1.82) is 0 Å². The van der Waals surface area contributed by atoms with Gasteiger partial charge in [0.15, 0.2) is 0 Å². The molecule has 2 rings (SSSR count). The Morgan fingerprint density at radius 2 is 1.48 bits per heavy atom. The Labute approximate surface area is 132 Å². The Morgan fingerprint density at radius 3 is 2.00 bits per heavy atom. The topological polar surface area (TPSA) is 58.2 Å². The van der Waals surface area contributed by atoms with E-state index in [0.29, 0.717) is 11.6 Å². The van der Waals surface area contributed by atoms with Crippen LogP contribution in [-0.4, -0.2) is 17.9 Å². The lowest BCUT2D eigenvalue weighted by atomic mass is 10.1. The van der Waals surface area contributed by atoms with Crippen LogP contribution in [0.4, 0.5) is 14.5 Å². The summed E-state index contributed by atoms with van der Waals surface area (Å²) in [6.07, 6.45) is 0. The van der Waals surface area contributed by atoms with E-state index < -0.39 is 17.5 Å². The van der Waals surface area contributed by atoms with Crippen molar-refractivity contribution in [1.82, 2.24) is 5.32 Å². The summed E-state index contributed by atoms with van der Waals surface area (Å²) in [7, 11) is 0. The fourth-order valence-corrected chi connectivity index (χ4v) is 1.90. The minimum absolute atomic E-state index is 0.00641. The van der Waals surface area contributed by atoms with Crippen molar-refractivity contribution in [3.8, 4) is 0 Å². The second-order valence-electron chi connectivity index (χ2n) is 5.28. The molecule has 0 saturated carbocycles. The monoisotopic (exact) mass is 318 g/mol. The number of carbonyl (C=O) groups is 2. The minimum Gasteiger partial charge on any atom is -0.350 e. The lowest BCUT2D eigenvalue weighted by Crippen LogP contribution is -2.30. The summed E-state index contributed by atoms with van der Waals surface area (Å²) in [5, 5.41) is 5.09. The molecule has 0 fully saturated rings. The summed E-state index contributed by atoms with van der Waals surface area (Å²) >= 11 is 0. The number of rotatable bonds is 4. The van der Waals surface area contributed by atoms with Gasteiger partial charge in [-0.15, -0.1) is 0 Å². The molecule has 0 aromatic heterocycles. The number of amides is 2. The zero-order chi connectivity index (χ0) is 17.0. The van der Waals surface area contributed by atoms with Gasteiger partial charge in [0.25, 0.3) is 11.8 Å². The van der Waals surface area contributed by atoms with E-state index in [4.69, 9.17) is 0 Å². The van der Waals surface area contributed by atoms with Gasteiger partial charge in [0, 0.05) is 23.2 Å². The van der Waals surface area contributed by atoms with E-state index in [-0.39, 0.29) is 23.2 Å². The van der Waals surface area contributed by atoms with Crippen molar-refractivity contribution in [2.45, 2.75) is 19.9 Å². The zero-order valence-electron chi connectivity index (χ0n) is 12.7. The van der Waals surface area contributed by atoms with E-state index >= 15 is 0 Å². The highest BCUT2D eigenvalue weighted by molar-refractivity contribution is 6.05. The first kappa shape index (κ1) is 16.6. The number of nitrogens with one attached hydrogen (secondary N) is 2. The highest BCUT2D eigenvalue weighted by Crippen LogP contribution is 2.16. The quantitative estimate of drug-likeness (QED) is 0.908. The van der Waals surface area contributed by atoms with Crippen molar-refractivity contribution in [2.75, 3.05) is 5.32 Å². The van der Waals surface area contributed by atoms with Gasteiger partial charge in [-0.3, -0.25) is 9.59 Å². The predicted octanol–water partition coefficient (Wildman–Crippen LogP) is 3.36. The first-order valence-corrected chi connectivity index (χ1v) is 7.04. The van der Waals surface area contributed by atoms with Crippen LogP contribution in [0.5, 0.6) is 0 Å². The van der Waals surface area contributed by atoms with Crippen molar-refractivity contribution in [3.63, 3.8) is 0 Å². The molecule has 120 valence electrons. The number of hydrogen-bond acceptors (Lipinski definition) is 2. The third kappa shape index (κ3) is 4.35. The van der Waals surface area contributed by atoms with Gasteiger partial charge in [-0.1, -0.05) is 0 Å². The van der Waals surface area contributed by atoms with Crippen molar-refractivity contribution >= 4 is 17.5 Å². The number of hydrogen-bond donors (Lipinski definition) is 2. The lowest BCUT2D eigenvalue weighted by Gasteiger charge is -2.09. The third-order valence-electron chi connectivity index (χ3n) is 3.01. The van der Waals surface area contributed by atoms with Gasteiger partial charge in [0.1, 0.15) is 11.6 Å². The lowest BCUT2D eigenvalue weighted by molar-refractivity contribution is 0.0941. The van der Waals surface area contributed by atoms with Crippen LogP contribution in [0.2, 0.25) is 0 Å². The maximum Gasteiger partial charge on any atom is 0.255 e. The van der Waals surface area contributed by atoms with Crippen molar-refractivity contribution < 1.29 is 18.4 Å². The van der Waals surface area contributed by atoms with Crippen LogP contribution in [-0.2, 0) is 0 Å². The molecule has 0 unspecified atom stereocenters. The van der Waals surface area contributed by atoms with Gasteiger partial charge in [-0.2, -0.15) is 0 Å². The molecule has 0 spiro atoms. The average Bonchev–Trinajstić information content (AvgIpc) is 2.49. The van der Waals surface area contributed by atoms with Gasteiger partial charge in [-0.25, -0.2) is 8.78 Å². The van der Waals surface area contributed by atoms with E-state index in [1.165, 1.54) is 24.3 Å². The first-order valence-electron chi connectivity index (χ1n) is 7.04. The summed E-state index contributed by atoms with van der Waals surface area (Å²) in [4.78, 5) is 23.8. The highest BCUT2D eigenvalue weighted by Gasteiger charge is 2.12. The maximum atomic E-state index is 13.5. The molecule has 0 heterocycles. The van der Waals surface area contributed by atoms with E-state index in [2.05, 4.69) is 10.6 Å². The third-order valence-corrected chi connectivity index (χ3v) is 3.01. The fourth-order valence-electron chi connectivity index (χ4n) is 1.90. The second-order valence-corrected chi connectivity index (χ2v) is 5.28. The smallest absolute Gasteiger partial charge is 0.255 e. The molecule has 23 heavy (non-hydrogen) atoms. The van der Waals surface area contributed by atoms with Crippen LogP contribution in [0.25, 0.3) is 0 Å². The van der Waals surface area contributed by atoms with Crippen LogP contribution in [0.15, 0.2) is 42.5 Å². The Hall–Kier alpha value is -2.76. The normalized spacial score (nSPS) is 10.5. The molecule has 2 N–H and O–H groups in total. The average molecular weight is 318 g/mol. The van der Waals surface area contributed by atoms with E-state index in [0.717, 1.165) is 12.1 Å². The molecule has 2 aromatic carbocycles. The largest absolute Gasteiger partial charge is 0.350 e. The number of carbonyl (C=O) groups excluding carboxylic acids is 2. The molecule has 0 bridgehead atoms. The van der Waals surface area contributed by atoms with Crippen LogP contribution in [0.3, 0.4) is 0 Å². The van der Waals surface area contributed by atoms with Gasteiger partial charge < -0.3 is 10.6 Å². The van der Waals surface area contributed by atoms with E-state index in [1.54, 1.807) is 0 Å². The summed E-state index contributed by atoms with van der Waals surface area (Å²) in [5.41, 5.74) is 0.566. The van der Waals surface area contributed by atoms with Crippen LogP contribution < -0.4 is 10.6 Å².